The lowest BCUT2D eigenvalue weighted by atomic mass is 10.0. The van der Waals surface area contributed by atoms with E-state index >= 15 is 0 Å². The maximum atomic E-state index is 12.5. The molecule has 2 unspecified atom stereocenters. The first-order valence-corrected chi connectivity index (χ1v) is 30.2. The highest BCUT2D eigenvalue weighted by atomic mass is 16.3. The molecule has 0 rings (SSSR count). The van der Waals surface area contributed by atoms with E-state index in [1.165, 1.54) is 283 Å². The highest BCUT2D eigenvalue weighted by Crippen LogP contribution is 2.18. The number of carbonyl (C=O) groups excluding carboxylic acids is 1. The Morgan fingerprint density at radius 2 is 0.591 bits per heavy atom. The van der Waals surface area contributed by atoms with E-state index in [4.69, 9.17) is 0 Å². The van der Waals surface area contributed by atoms with Gasteiger partial charge in [0.2, 0.25) is 5.91 Å². The molecule has 0 radical (unpaired) electrons. The second-order valence-corrected chi connectivity index (χ2v) is 20.8. The van der Waals surface area contributed by atoms with Crippen LogP contribution in [-0.2, 0) is 4.79 Å². The Labute approximate surface area is 414 Å². The van der Waals surface area contributed by atoms with Gasteiger partial charge < -0.3 is 15.5 Å². The standard InChI is InChI=1S/C62H119NO3/c1-3-5-7-9-11-13-15-17-19-21-22-23-24-25-26-27-28-29-30-31-32-33-34-35-36-37-38-39-40-42-44-46-48-50-52-54-56-58-62(66)63-60(59-64)61(65)57-55-53-51-49-47-45-43-41-20-18-16-14-12-10-8-6-4-2/h21-22,47,49,55,57,60-61,64-65H,3-20,23-46,48,50-54,56,58-59H2,1-2H3,(H,63,66)/b22-21-,49-47+,57-55+. The molecule has 3 N–H and O–H groups in total. The van der Waals surface area contributed by atoms with Gasteiger partial charge in [0.1, 0.15) is 0 Å². The molecular formula is C62H119NO3. The van der Waals surface area contributed by atoms with Gasteiger partial charge in [-0.25, -0.2) is 0 Å². The molecule has 1 amide bonds. The molecule has 0 bridgehead atoms. The van der Waals surface area contributed by atoms with Crippen LogP contribution in [0.2, 0.25) is 0 Å². The van der Waals surface area contributed by atoms with E-state index < -0.39 is 12.1 Å². The summed E-state index contributed by atoms with van der Waals surface area (Å²) in [5.41, 5.74) is 0. The van der Waals surface area contributed by atoms with Crippen molar-refractivity contribution in [2.45, 2.75) is 347 Å². The van der Waals surface area contributed by atoms with E-state index in [9.17, 15) is 15.0 Å². The minimum absolute atomic E-state index is 0.0677. The SMILES string of the molecule is CCCCCCCCCC/C=C\CCCCCCCCCCCCCCCCCCCCCCCCCCCC(=O)NC(CO)C(O)/C=C/CC/C=C/CCCCCCCCCCCCC. The number of aliphatic hydroxyl groups excluding tert-OH is 2. The second kappa shape index (κ2) is 57.9. The summed E-state index contributed by atoms with van der Waals surface area (Å²) >= 11 is 0. The van der Waals surface area contributed by atoms with Gasteiger partial charge in [0.15, 0.2) is 0 Å². The van der Waals surface area contributed by atoms with Gasteiger partial charge in [0, 0.05) is 6.42 Å². The summed E-state index contributed by atoms with van der Waals surface area (Å²) in [6.45, 7) is 4.32. The molecule has 0 aliphatic carbocycles. The predicted molar refractivity (Wildman–Crippen MR) is 295 cm³/mol. The highest BCUT2D eigenvalue weighted by molar-refractivity contribution is 5.76. The zero-order chi connectivity index (χ0) is 47.7. The van der Waals surface area contributed by atoms with E-state index in [2.05, 4.69) is 43.5 Å². The van der Waals surface area contributed by atoms with Crippen LogP contribution in [0.3, 0.4) is 0 Å². The van der Waals surface area contributed by atoms with E-state index in [0.717, 1.165) is 32.1 Å². The van der Waals surface area contributed by atoms with Crippen molar-refractivity contribution in [1.29, 1.82) is 0 Å². The molecule has 0 heterocycles. The normalized spacial score (nSPS) is 13.0. The number of hydrogen-bond acceptors (Lipinski definition) is 3. The third kappa shape index (κ3) is 53.6. The molecule has 0 fully saturated rings. The molecule has 0 aromatic heterocycles. The van der Waals surface area contributed by atoms with Gasteiger partial charge in [-0.05, 0) is 57.8 Å². The lowest BCUT2D eigenvalue weighted by Crippen LogP contribution is -2.45. The molecule has 0 aliphatic heterocycles. The number of carbonyl (C=O) groups is 1. The van der Waals surface area contributed by atoms with Gasteiger partial charge in [-0.2, -0.15) is 0 Å². The summed E-state index contributed by atoms with van der Waals surface area (Å²) in [7, 11) is 0. The smallest absolute Gasteiger partial charge is 0.220 e. The van der Waals surface area contributed by atoms with Crippen LogP contribution in [0.1, 0.15) is 335 Å². The summed E-state index contributed by atoms with van der Waals surface area (Å²) in [5, 5.41) is 23.1. The van der Waals surface area contributed by atoms with Crippen LogP contribution in [-0.4, -0.2) is 34.9 Å². The number of nitrogens with one attached hydrogen (secondary N) is 1. The van der Waals surface area contributed by atoms with Crippen molar-refractivity contribution >= 4 is 5.91 Å². The van der Waals surface area contributed by atoms with Crippen molar-refractivity contribution in [3.8, 4) is 0 Å². The van der Waals surface area contributed by atoms with Crippen molar-refractivity contribution in [3.05, 3.63) is 36.5 Å². The Hall–Kier alpha value is -1.39. The Bertz CT molecular complexity index is 1010. The lowest BCUT2D eigenvalue weighted by Gasteiger charge is -2.19. The van der Waals surface area contributed by atoms with Crippen molar-refractivity contribution < 1.29 is 15.0 Å². The molecule has 0 aromatic carbocycles. The maximum absolute atomic E-state index is 12.5. The summed E-state index contributed by atoms with van der Waals surface area (Å²) in [4.78, 5) is 12.5. The lowest BCUT2D eigenvalue weighted by molar-refractivity contribution is -0.123. The van der Waals surface area contributed by atoms with Gasteiger partial charge in [-0.3, -0.25) is 4.79 Å². The first-order chi connectivity index (χ1) is 32.7. The van der Waals surface area contributed by atoms with Crippen molar-refractivity contribution in [3.63, 3.8) is 0 Å². The van der Waals surface area contributed by atoms with Gasteiger partial charge in [0.25, 0.3) is 0 Å². The summed E-state index contributed by atoms with van der Waals surface area (Å²) in [6.07, 6.45) is 79.1. The Balaban J connectivity index is 3.41. The number of allylic oxidation sites excluding steroid dienone is 5. The molecule has 390 valence electrons. The molecule has 66 heavy (non-hydrogen) atoms. The summed E-state index contributed by atoms with van der Waals surface area (Å²) in [5.74, 6) is -0.0677. The second-order valence-electron chi connectivity index (χ2n) is 20.8. The first kappa shape index (κ1) is 64.6. The van der Waals surface area contributed by atoms with E-state index in [1.807, 2.05) is 6.08 Å². The highest BCUT2D eigenvalue weighted by Gasteiger charge is 2.18. The van der Waals surface area contributed by atoms with Crippen molar-refractivity contribution in [2.24, 2.45) is 0 Å². The van der Waals surface area contributed by atoms with Gasteiger partial charge in [0.05, 0.1) is 18.8 Å². The Morgan fingerprint density at radius 3 is 0.879 bits per heavy atom. The molecular weight excluding hydrogens is 807 g/mol. The summed E-state index contributed by atoms with van der Waals surface area (Å²) < 4.78 is 0. The van der Waals surface area contributed by atoms with E-state index in [0.29, 0.717) is 6.42 Å². The molecule has 0 aliphatic rings. The zero-order valence-electron chi connectivity index (χ0n) is 45.0. The minimum atomic E-state index is -0.860. The van der Waals surface area contributed by atoms with Crippen LogP contribution in [0.25, 0.3) is 0 Å². The zero-order valence-corrected chi connectivity index (χ0v) is 45.0. The molecule has 0 aromatic rings. The fraction of sp³-hybridized carbons (Fsp3) is 0.887. The quantitative estimate of drug-likeness (QED) is 0.0420. The van der Waals surface area contributed by atoms with Crippen LogP contribution in [0, 0.1) is 0 Å². The number of rotatable bonds is 56. The third-order valence-electron chi connectivity index (χ3n) is 14.1. The average Bonchev–Trinajstić information content (AvgIpc) is 3.32. The average molecular weight is 927 g/mol. The molecule has 4 nitrogen and oxygen atoms in total. The van der Waals surface area contributed by atoms with Crippen molar-refractivity contribution in [2.75, 3.05) is 6.61 Å². The largest absolute Gasteiger partial charge is 0.394 e. The van der Waals surface area contributed by atoms with Gasteiger partial charge in [-0.15, -0.1) is 0 Å². The Kier molecular flexibility index (Phi) is 56.7. The van der Waals surface area contributed by atoms with Crippen LogP contribution in [0.4, 0.5) is 0 Å². The predicted octanol–water partition coefficient (Wildman–Crippen LogP) is 20.0. The van der Waals surface area contributed by atoms with Crippen LogP contribution < -0.4 is 5.32 Å². The van der Waals surface area contributed by atoms with Gasteiger partial charge in [-0.1, -0.05) is 307 Å². The number of amides is 1. The molecule has 4 heteroatoms. The topological polar surface area (TPSA) is 69.6 Å². The monoisotopic (exact) mass is 926 g/mol. The van der Waals surface area contributed by atoms with E-state index in [-0.39, 0.29) is 12.5 Å². The van der Waals surface area contributed by atoms with Crippen LogP contribution in [0.5, 0.6) is 0 Å². The van der Waals surface area contributed by atoms with Crippen molar-refractivity contribution in [1.82, 2.24) is 5.32 Å². The molecule has 2 atom stereocenters. The number of aliphatic hydroxyl groups is 2. The molecule has 0 spiro atoms. The number of unbranched alkanes of at least 4 members (excludes halogenated alkanes) is 45. The first-order valence-electron chi connectivity index (χ1n) is 30.2. The summed E-state index contributed by atoms with van der Waals surface area (Å²) in [6, 6.07) is -0.637. The Morgan fingerprint density at radius 1 is 0.348 bits per heavy atom. The minimum Gasteiger partial charge on any atom is -0.394 e. The van der Waals surface area contributed by atoms with Crippen LogP contribution in [0.15, 0.2) is 36.5 Å². The fourth-order valence-corrected chi connectivity index (χ4v) is 9.49. The maximum Gasteiger partial charge on any atom is 0.220 e. The third-order valence-corrected chi connectivity index (χ3v) is 14.1. The number of hydrogen-bond donors (Lipinski definition) is 3. The van der Waals surface area contributed by atoms with Gasteiger partial charge >= 0.3 is 0 Å². The molecule has 0 saturated carbocycles. The van der Waals surface area contributed by atoms with E-state index in [1.54, 1.807) is 6.08 Å². The molecule has 0 saturated heterocycles. The van der Waals surface area contributed by atoms with Crippen LogP contribution >= 0.6 is 0 Å². The fourth-order valence-electron chi connectivity index (χ4n) is 9.49.